The second-order valence-corrected chi connectivity index (χ2v) is 6.88. The highest BCUT2D eigenvalue weighted by Crippen LogP contribution is 2.50. The molecule has 3 heterocycles. The number of amides is 1. The van der Waals surface area contributed by atoms with E-state index < -0.39 is 0 Å². The molecule has 0 unspecified atom stereocenters. The van der Waals surface area contributed by atoms with E-state index in [1.54, 1.807) is 0 Å². The number of nitrogens with zero attached hydrogens (tertiary/aromatic N) is 3. The fourth-order valence-electron chi connectivity index (χ4n) is 4.51. The summed E-state index contributed by atoms with van der Waals surface area (Å²) in [5.41, 5.74) is 4.27. The standard InChI is InChI=1S/C18H25N3O/c1-3-5-17(22)20-9-8-15-14(12-20)13-6-4-7-16-18(13)21(15)11-10-19(16)2/h4,6-7,14-15H,3,5,8-12H2,1-2H3/t14-,15-/m0/s1. The van der Waals surface area contributed by atoms with Crippen LogP contribution in [0.1, 0.15) is 37.7 Å². The average Bonchev–Trinajstić information content (AvgIpc) is 2.86. The fourth-order valence-corrected chi connectivity index (χ4v) is 4.51. The monoisotopic (exact) mass is 299 g/mol. The van der Waals surface area contributed by atoms with Crippen LogP contribution < -0.4 is 9.80 Å². The topological polar surface area (TPSA) is 26.8 Å². The molecule has 3 aliphatic heterocycles. The number of anilines is 2. The van der Waals surface area contributed by atoms with Crippen molar-refractivity contribution in [2.75, 3.05) is 43.0 Å². The maximum atomic E-state index is 12.3. The maximum absolute atomic E-state index is 12.3. The molecule has 0 N–H and O–H groups in total. The van der Waals surface area contributed by atoms with Crippen LogP contribution in [0.3, 0.4) is 0 Å². The van der Waals surface area contributed by atoms with Crippen LogP contribution in [0.4, 0.5) is 11.4 Å². The highest BCUT2D eigenvalue weighted by atomic mass is 16.2. The third kappa shape index (κ3) is 1.93. The van der Waals surface area contributed by atoms with Crippen LogP contribution in [-0.2, 0) is 4.79 Å². The molecule has 4 rings (SSSR count). The Hall–Kier alpha value is -1.71. The van der Waals surface area contributed by atoms with Crippen molar-refractivity contribution in [1.82, 2.24) is 4.90 Å². The summed E-state index contributed by atoms with van der Waals surface area (Å²) in [7, 11) is 2.19. The largest absolute Gasteiger partial charge is 0.371 e. The second-order valence-electron chi connectivity index (χ2n) is 6.88. The molecule has 1 aromatic carbocycles. The molecule has 4 nitrogen and oxygen atoms in total. The Balaban J connectivity index is 1.67. The van der Waals surface area contributed by atoms with E-state index in [9.17, 15) is 4.79 Å². The van der Waals surface area contributed by atoms with Crippen LogP contribution in [0.2, 0.25) is 0 Å². The first-order valence-electron chi connectivity index (χ1n) is 8.59. The van der Waals surface area contributed by atoms with E-state index in [2.05, 4.69) is 46.9 Å². The van der Waals surface area contributed by atoms with Crippen LogP contribution in [0.25, 0.3) is 0 Å². The lowest BCUT2D eigenvalue weighted by atomic mass is 9.89. The summed E-state index contributed by atoms with van der Waals surface area (Å²) in [6, 6.07) is 7.30. The molecule has 0 saturated carbocycles. The molecule has 1 fully saturated rings. The number of piperidine rings is 1. The molecule has 1 amide bonds. The van der Waals surface area contributed by atoms with Gasteiger partial charge in [0.05, 0.1) is 11.4 Å². The first-order valence-corrected chi connectivity index (χ1v) is 8.59. The summed E-state index contributed by atoms with van der Waals surface area (Å²) in [4.78, 5) is 19.4. The minimum Gasteiger partial charge on any atom is -0.371 e. The van der Waals surface area contributed by atoms with Gasteiger partial charge in [0.15, 0.2) is 0 Å². The lowest BCUT2D eigenvalue weighted by Gasteiger charge is -2.41. The number of para-hydroxylation sites is 1. The SMILES string of the molecule is CCCC(=O)N1CC[C@H]2[C@@H](C1)c1cccc3c1N2CCN3C. The first-order chi connectivity index (χ1) is 10.7. The van der Waals surface area contributed by atoms with Crippen LogP contribution >= 0.6 is 0 Å². The Bertz CT molecular complexity index is 600. The zero-order valence-electron chi connectivity index (χ0n) is 13.6. The molecule has 0 spiro atoms. The highest BCUT2D eigenvalue weighted by Gasteiger charge is 2.45. The molecule has 4 heteroatoms. The van der Waals surface area contributed by atoms with Crippen LogP contribution in [0.5, 0.6) is 0 Å². The van der Waals surface area contributed by atoms with Gasteiger partial charge in [-0.25, -0.2) is 0 Å². The molecule has 0 aromatic heterocycles. The fraction of sp³-hybridized carbons (Fsp3) is 0.611. The maximum Gasteiger partial charge on any atom is 0.222 e. The van der Waals surface area contributed by atoms with Gasteiger partial charge in [0.2, 0.25) is 5.91 Å². The molecular formula is C18H25N3O. The summed E-state index contributed by atoms with van der Waals surface area (Å²) in [5.74, 6) is 0.833. The number of likely N-dealkylation sites (tertiary alicyclic amines) is 1. The molecule has 0 radical (unpaired) electrons. The number of carbonyl (C=O) groups excluding carboxylic acids is 1. The Morgan fingerprint density at radius 2 is 2.14 bits per heavy atom. The summed E-state index contributed by atoms with van der Waals surface area (Å²) in [5, 5.41) is 0. The molecule has 1 saturated heterocycles. The third-order valence-electron chi connectivity index (χ3n) is 5.61. The zero-order valence-corrected chi connectivity index (χ0v) is 13.6. The number of fused-ring (bicyclic) bond motifs is 3. The Morgan fingerprint density at radius 3 is 2.95 bits per heavy atom. The van der Waals surface area contributed by atoms with Gasteiger partial charge in [0.1, 0.15) is 0 Å². The molecule has 0 aliphatic carbocycles. The van der Waals surface area contributed by atoms with Crippen molar-refractivity contribution in [1.29, 1.82) is 0 Å². The number of hydrogen-bond donors (Lipinski definition) is 0. The van der Waals surface area contributed by atoms with Crippen molar-refractivity contribution < 1.29 is 4.79 Å². The number of benzene rings is 1. The van der Waals surface area contributed by atoms with Gasteiger partial charge >= 0.3 is 0 Å². The molecule has 2 atom stereocenters. The van der Waals surface area contributed by atoms with Crippen molar-refractivity contribution in [3.63, 3.8) is 0 Å². The van der Waals surface area contributed by atoms with Crippen LogP contribution in [0, 0.1) is 0 Å². The van der Waals surface area contributed by atoms with Crippen molar-refractivity contribution in [3.8, 4) is 0 Å². The van der Waals surface area contributed by atoms with E-state index in [4.69, 9.17) is 0 Å². The summed E-state index contributed by atoms with van der Waals surface area (Å²) in [6.45, 7) is 6.13. The minimum absolute atomic E-state index is 0.337. The molecule has 118 valence electrons. The second kappa shape index (κ2) is 5.18. The number of rotatable bonds is 2. The Morgan fingerprint density at radius 1 is 1.27 bits per heavy atom. The van der Waals surface area contributed by atoms with E-state index in [1.165, 1.54) is 16.9 Å². The van der Waals surface area contributed by atoms with Gasteiger partial charge < -0.3 is 14.7 Å². The van der Waals surface area contributed by atoms with Gasteiger partial charge in [0, 0.05) is 51.6 Å². The van der Waals surface area contributed by atoms with Gasteiger partial charge in [-0.15, -0.1) is 0 Å². The average molecular weight is 299 g/mol. The lowest BCUT2D eigenvalue weighted by Crippen LogP contribution is -2.50. The Labute approximate surface area is 132 Å². The Kier molecular flexibility index (Phi) is 3.28. The highest BCUT2D eigenvalue weighted by molar-refractivity contribution is 5.82. The summed E-state index contributed by atoms with van der Waals surface area (Å²) < 4.78 is 0. The number of hydrogen-bond acceptors (Lipinski definition) is 3. The lowest BCUT2D eigenvalue weighted by molar-refractivity contribution is -0.132. The van der Waals surface area contributed by atoms with E-state index >= 15 is 0 Å². The number of likely N-dealkylation sites (N-methyl/N-ethyl adjacent to an activating group) is 1. The quantitative estimate of drug-likeness (QED) is 0.839. The molecule has 3 aliphatic rings. The van der Waals surface area contributed by atoms with Crippen molar-refractivity contribution in [2.24, 2.45) is 0 Å². The van der Waals surface area contributed by atoms with Crippen molar-refractivity contribution >= 4 is 17.3 Å². The van der Waals surface area contributed by atoms with Gasteiger partial charge in [-0.2, -0.15) is 0 Å². The zero-order chi connectivity index (χ0) is 15.3. The summed E-state index contributed by atoms with van der Waals surface area (Å²) in [6.07, 6.45) is 2.75. The first kappa shape index (κ1) is 13.9. The molecule has 0 bridgehead atoms. The predicted octanol–water partition coefficient (Wildman–Crippen LogP) is 2.44. The van der Waals surface area contributed by atoms with Crippen molar-refractivity contribution in [2.45, 2.75) is 38.1 Å². The van der Waals surface area contributed by atoms with Gasteiger partial charge in [-0.1, -0.05) is 19.1 Å². The van der Waals surface area contributed by atoms with Crippen molar-refractivity contribution in [3.05, 3.63) is 23.8 Å². The van der Waals surface area contributed by atoms with Gasteiger partial charge in [-0.3, -0.25) is 4.79 Å². The van der Waals surface area contributed by atoms with E-state index in [-0.39, 0.29) is 0 Å². The third-order valence-corrected chi connectivity index (χ3v) is 5.61. The van der Waals surface area contributed by atoms with Gasteiger partial charge in [-0.05, 0) is 24.5 Å². The minimum atomic E-state index is 0.337. The predicted molar refractivity (Wildman–Crippen MR) is 89.7 cm³/mol. The van der Waals surface area contributed by atoms with E-state index in [0.29, 0.717) is 24.3 Å². The van der Waals surface area contributed by atoms with E-state index in [1.807, 2.05) is 0 Å². The molecular weight excluding hydrogens is 274 g/mol. The normalized spacial score (nSPS) is 26.0. The van der Waals surface area contributed by atoms with Gasteiger partial charge in [0.25, 0.3) is 0 Å². The smallest absolute Gasteiger partial charge is 0.222 e. The van der Waals surface area contributed by atoms with Crippen LogP contribution in [-0.4, -0.2) is 50.1 Å². The molecule has 1 aromatic rings. The summed E-state index contributed by atoms with van der Waals surface area (Å²) >= 11 is 0. The van der Waals surface area contributed by atoms with E-state index in [0.717, 1.165) is 39.0 Å². The van der Waals surface area contributed by atoms with Crippen LogP contribution in [0.15, 0.2) is 18.2 Å². The number of carbonyl (C=O) groups is 1. The molecule has 22 heavy (non-hydrogen) atoms.